The van der Waals surface area contributed by atoms with E-state index in [1.807, 2.05) is 18.2 Å². The number of carbonyl (C=O) groups excluding carboxylic acids is 2. The maximum Gasteiger partial charge on any atom is 0.408 e. The van der Waals surface area contributed by atoms with E-state index in [9.17, 15) is 14.7 Å². The van der Waals surface area contributed by atoms with Crippen LogP contribution in [0.4, 0.5) is 4.79 Å². The van der Waals surface area contributed by atoms with Crippen LogP contribution in [0.5, 0.6) is 0 Å². The SMILES string of the molecule is CC(O)[C@H](NC(=O)OCc1ccccc1)C(N)=O. The zero-order valence-corrected chi connectivity index (χ0v) is 10.00. The van der Waals surface area contributed by atoms with E-state index < -0.39 is 24.1 Å². The van der Waals surface area contributed by atoms with Crippen molar-refractivity contribution >= 4 is 12.0 Å². The zero-order valence-electron chi connectivity index (χ0n) is 10.00. The normalized spacial score (nSPS) is 13.4. The van der Waals surface area contributed by atoms with Gasteiger partial charge in [0, 0.05) is 0 Å². The number of aliphatic hydroxyl groups is 1. The standard InChI is InChI=1S/C12H16N2O4/c1-8(15)10(11(13)16)14-12(17)18-7-9-5-3-2-4-6-9/h2-6,8,10,15H,7H2,1H3,(H2,13,16)(H,14,17)/t8?,10-/m0/s1. The Bertz CT molecular complexity index is 406. The lowest BCUT2D eigenvalue weighted by molar-refractivity contribution is -0.122. The number of nitrogens with one attached hydrogen (secondary N) is 1. The molecule has 6 heteroatoms. The summed E-state index contributed by atoms with van der Waals surface area (Å²) >= 11 is 0. The monoisotopic (exact) mass is 252 g/mol. The van der Waals surface area contributed by atoms with E-state index in [-0.39, 0.29) is 6.61 Å². The van der Waals surface area contributed by atoms with Gasteiger partial charge in [0.15, 0.2) is 0 Å². The van der Waals surface area contributed by atoms with Crippen LogP contribution in [0.3, 0.4) is 0 Å². The number of aliphatic hydroxyl groups excluding tert-OH is 1. The minimum absolute atomic E-state index is 0.0813. The van der Waals surface area contributed by atoms with E-state index >= 15 is 0 Å². The molecule has 0 aliphatic rings. The summed E-state index contributed by atoms with van der Waals surface area (Å²) < 4.78 is 4.89. The number of benzene rings is 1. The molecule has 1 rings (SSSR count). The van der Waals surface area contributed by atoms with Gasteiger partial charge in [0.05, 0.1) is 6.10 Å². The first-order valence-corrected chi connectivity index (χ1v) is 5.45. The van der Waals surface area contributed by atoms with Crippen molar-refractivity contribution in [1.29, 1.82) is 0 Å². The van der Waals surface area contributed by atoms with Crippen LogP contribution < -0.4 is 11.1 Å². The van der Waals surface area contributed by atoms with Gasteiger partial charge in [0.25, 0.3) is 0 Å². The van der Waals surface area contributed by atoms with Gasteiger partial charge in [-0.15, -0.1) is 0 Å². The van der Waals surface area contributed by atoms with E-state index in [4.69, 9.17) is 10.5 Å². The van der Waals surface area contributed by atoms with E-state index in [1.54, 1.807) is 12.1 Å². The van der Waals surface area contributed by atoms with Gasteiger partial charge >= 0.3 is 6.09 Å². The summed E-state index contributed by atoms with van der Waals surface area (Å²) in [6.07, 6.45) is -1.88. The van der Waals surface area contributed by atoms with Crippen molar-refractivity contribution in [1.82, 2.24) is 5.32 Å². The Kier molecular flexibility index (Phi) is 5.13. The molecule has 6 nitrogen and oxygen atoms in total. The molecule has 0 heterocycles. The van der Waals surface area contributed by atoms with Gasteiger partial charge in [-0.2, -0.15) is 0 Å². The van der Waals surface area contributed by atoms with Crippen LogP contribution in [-0.2, 0) is 16.1 Å². The molecule has 2 amide bonds. The van der Waals surface area contributed by atoms with Crippen LogP contribution in [0.1, 0.15) is 12.5 Å². The second-order valence-electron chi connectivity index (χ2n) is 3.83. The molecule has 0 fully saturated rings. The maximum atomic E-state index is 11.4. The topological polar surface area (TPSA) is 102 Å². The third-order valence-corrected chi connectivity index (χ3v) is 2.28. The number of primary amides is 1. The molecule has 0 bridgehead atoms. The van der Waals surface area contributed by atoms with Crippen molar-refractivity contribution in [3.63, 3.8) is 0 Å². The highest BCUT2D eigenvalue weighted by Crippen LogP contribution is 2.01. The molecule has 0 aliphatic carbocycles. The number of alkyl carbamates (subject to hydrolysis) is 1. The predicted molar refractivity (Wildman–Crippen MR) is 64.4 cm³/mol. The lowest BCUT2D eigenvalue weighted by atomic mass is 10.2. The average molecular weight is 252 g/mol. The Balaban J connectivity index is 2.44. The highest BCUT2D eigenvalue weighted by molar-refractivity contribution is 5.84. The van der Waals surface area contributed by atoms with Crippen molar-refractivity contribution in [3.8, 4) is 0 Å². The van der Waals surface area contributed by atoms with Gasteiger partial charge in [-0.3, -0.25) is 4.79 Å². The fourth-order valence-electron chi connectivity index (χ4n) is 1.32. The third kappa shape index (κ3) is 4.42. The molecule has 2 atom stereocenters. The molecule has 0 aromatic heterocycles. The Morgan fingerprint density at radius 3 is 2.50 bits per heavy atom. The minimum Gasteiger partial charge on any atom is -0.445 e. The summed E-state index contributed by atoms with van der Waals surface area (Å²) in [5.41, 5.74) is 5.84. The third-order valence-electron chi connectivity index (χ3n) is 2.28. The van der Waals surface area contributed by atoms with Gasteiger partial charge in [0.1, 0.15) is 12.6 Å². The van der Waals surface area contributed by atoms with Gasteiger partial charge < -0.3 is 20.9 Å². The smallest absolute Gasteiger partial charge is 0.408 e. The van der Waals surface area contributed by atoms with E-state index in [0.717, 1.165) is 5.56 Å². The number of hydrogen-bond acceptors (Lipinski definition) is 4. The minimum atomic E-state index is -1.16. The lowest BCUT2D eigenvalue weighted by Crippen LogP contribution is -2.50. The van der Waals surface area contributed by atoms with Crippen LogP contribution in [0.25, 0.3) is 0 Å². The molecule has 0 spiro atoms. The second-order valence-corrected chi connectivity index (χ2v) is 3.83. The number of nitrogens with two attached hydrogens (primary N) is 1. The fourth-order valence-corrected chi connectivity index (χ4v) is 1.32. The van der Waals surface area contributed by atoms with Gasteiger partial charge in [-0.1, -0.05) is 30.3 Å². The molecule has 0 saturated carbocycles. The number of hydrogen-bond donors (Lipinski definition) is 3. The molecule has 4 N–H and O–H groups in total. The first-order valence-electron chi connectivity index (χ1n) is 5.45. The Hall–Kier alpha value is -2.08. The lowest BCUT2D eigenvalue weighted by Gasteiger charge is -2.17. The summed E-state index contributed by atoms with van der Waals surface area (Å²) in [5, 5.41) is 11.4. The number of carbonyl (C=O) groups is 2. The molecular formula is C12H16N2O4. The second kappa shape index (κ2) is 6.61. The van der Waals surface area contributed by atoms with E-state index in [0.29, 0.717) is 0 Å². The molecule has 1 aromatic carbocycles. The van der Waals surface area contributed by atoms with Crippen LogP contribution in [-0.4, -0.2) is 29.3 Å². The molecule has 98 valence electrons. The average Bonchev–Trinajstić information content (AvgIpc) is 2.34. The highest BCUT2D eigenvalue weighted by atomic mass is 16.5. The van der Waals surface area contributed by atoms with Gasteiger partial charge in [0.2, 0.25) is 5.91 Å². The van der Waals surface area contributed by atoms with E-state index in [1.165, 1.54) is 6.92 Å². The molecule has 1 aromatic rings. The van der Waals surface area contributed by atoms with Crippen molar-refractivity contribution < 1.29 is 19.4 Å². The quantitative estimate of drug-likeness (QED) is 0.694. The summed E-state index contributed by atoms with van der Waals surface area (Å²) in [6, 6.07) is 7.92. The summed E-state index contributed by atoms with van der Waals surface area (Å²) in [5.74, 6) is -0.818. The first kappa shape index (κ1) is 14.0. The van der Waals surface area contributed by atoms with Crippen LogP contribution in [0, 0.1) is 0 Å². The fraction of sp³-hybridized carbons (Fsp3) is 0.333. The Labute approximate surface area is 105 Å². The van der Waals surface area contributed by atoms with Gasteiger partial charge in [-0.05, 0) is 12.5 Å². The molecule has 0 saturated heterocycles. The first-order chi connectivity index (χ1) is 8.50. The molecule has 0 radical (unpaired) electrons. The molecule has 18 heavy (non-hydrogen) atoms. The molecular weight excluding hydrogens is 236 g/mol. The Morgan fingerprint density at radius 1 is 1.39 bits per heavy atom. The van der Waals surface area contributed by atoms with Crippen molar-refractivity contribution in [2.75, 3.05) is 0 Å². The van der Waals surface area contributed by atoms with Crippen LogP contribution in [0.15, 0.2) is 30.3 Å². The Morgan fingerprint density at radius 2 is 2.00 bits per heavy atom. The highest BCUT2D eigenvalue weighted by Gasteiger charge is 2.23. The van der Waals surface area contributed by atoms with Gasteiger partial charge in [-0.25, -0.2) is 4.79 Å². The molecule has 0 aliphatic heterocycles. The largest absolute Gasteiger partial charge is 0.445 e. The molecule has 1 unspecified atom stereocenters. The number of rotatable bonds is 5. The maximum absolute atomic E-state index is 11.4. The number of amides is 2. The van der Waals surface area contributed by atoms with Crippen molar-refractivity contribution in [2.24, 2.45) is 5.73 Å². The van der Waals surface area contributed by atoms with Crippen molar-refractivity contribution in [2.45, 2.75) is 25.7 Å². The van der Waals surface area contributed by atoms with Crippen molar-refractivity contribution in [3.05, 3.63) is 35.9 Å². The van der Waals surface area contributed by atoms with Crippen LogP contribution >= 0.6 is 0 Å². The summed E-state index contributed by atoms with van der Waals surface area (Å²) in [4.78, 5) is 22.3. The summed E-state index contributed by atoms with van der Waals surface area (Å²) in [7, 11) is 0. The number of ether oxygens (including phenoxy) is 1. The van der Waals surface area contributed by atoms with E-state index in [2.05, 4.69) is 5.32 Å². The predicted octanol–water partition coefficient (Wildman–Crippen LogP) is 0.148. The summed E-state index contributed by atoms with van der Waals surface area (Å²) in [6.45, 7) is 1.44. The van der Waals surface area contributed by atoms with Crippen LogP contribution in [0.2, 0.25) is 0 Å². The zero-order chi connectivity index (χ0) is 13.5.